The highest BCUT2D eigenvalue weighted by Gasteiger charge is 2.62. The fraction of sp³-hybridized carbons (Fsp3) is 0.308. The molecule has 118 valence electrons. The Morgan fingerprint density at radius 1 is 1.45 bits per heavy atom. The van der Waals surface area contributed by atoms with Crippen LogP contribution in [0.2, 0.25) is 0 Å². The van der Waals surface area contributed by atoms with Crippen molar-refractivity contribution in [3.05, 3.63) is 41.7 Å². The van der Waals surface area contributed by atoms with Gasteiger partial charge in [-0.05, 0) is 12.1 Å². The van der Waals surface area contributed by atoms with Gasteiger partial charge in [-0.15, -0.1) is 0 Å². The smallest absolute Gasteiger partial charge is 0.370 e. The summed E-state index contributed by atoms with van der Waals surface area (Å²) in [4.78, 5) is 23.6. The zero-order valence-corrected chi connectivity index (χ0v) is 11.8. The first kappa shape index (κ1) is 16.3. The summed E-state index contributed by atoms with van der Waals surface area (Å²) in [6.45, 7) is 0. The summed E-state index contributed by atoms with van der Waals surface area (Å²) >= 11 is 5.86. The van der Waals surface area contributed by atoms with Crippen LogP contribution in [0.4, 0.5) is 13.2 Å². The molecule has 2 rings (SSSR count). The van der Waals surface area contributed by atoms with Crippen molar-refractivity contribution in [3.8, 4) is 0 Å². The number of nitrogens with zero attached hydrogens (tertiary/aromatic N) is 2. The van der Waals surface area contributed by atoms with Crippen molar-refractivity contribution in [1.82, 2.24) is 9.78 Å². The number of amides is 1. The van der Waals surface area contributed by atoms with Crippen LogP contribution in [-0.4, -0.2) is 27.8 Å². The number of halogens is 4. The van der Waals surface area contributed by atoms with Crippen LogP contribution in [0.1, 0.15) is 11.2 Å². The van der Waals surface area contributed by atoms with Crippen molar-refractivity contribution in [2.75, 3.05) is 0 Å². The molecule has 1 aliphatic rings. The zero-order valence-electron chi connectivity index (χ0n) is 11.0. The van der Waals surface area contributed by atoms with Crippen molar-refractivity contribution in [2.24, 2.45) is 17.1 Å². The quantitative estimate of drug-likeness (QED) is 0.921. The summed E-state index contributed by atoms with van der Waals surface area (Å²) in [5.74, 6) is -4.01. The van der Waals surface area contributed by atoms with Crippen LogP contribution in [0, 0.1) is 11.3 Å². The van der Waals surface area contributed by atoms with E-state index in [0.29, 0.717) is 0 Å². The number of carbonyl (C=O) groups excluding carboxylic acids is 2. The Balaban J connectivity index is 2.58. The Kier molecular flexibility index (Phi) is 4.15. The van der Waals surface area contributed by atoms with Gasteiger partial charge in [-0.3, -0.25) is 9.59 Å². The van der Waals surface area contributed by atoms with E-state index >= 15 is 0 Å². The molecule has 9 heteroatoms. The molecule has 5 nitrogen and oxygen atoms in total. The molecular weight excluding hydrogens is 323 g/mol. The van der Waals surface area contributed by atoms with Crippen LogP contribution in [0.25, 0.3) is 0 Å². The molecule has 1 aromatic heterocycles. The lowest BCUT2D eigenvalue weighted by molar-refractivity contribution is -0.217. The first-order valence-electron chi connectivity index (χ1n) is 6.13. The van der Waals surface area contributed by atoms with E-state index in [1.165, 1.54) is 24.5 Å². The van der Waals surface area contributed by atoms with Gasteiger partial charge < -0.3 is 5.73 Å². The second kappa shape index (κ2) is 5.60. The summed E-state index contributed by atoms with van der Waals surface area (Å²) in [7, 11) is 0. The predicted octanol–water partition coefficient (Wildman–Crippen LogP) is 2.26. The van der Waals surface area contributed by atoms with Crippen LogP contribution in [0.5, 0.6) is 0 Å². The van der Waals surface area contributed by atoms with E-state index in [9.17, 15) is 22.8 Å². The van der Waals surface area contributed by atoms with Crippen LogP contribution in [0.15, 0.2) is 41.7 Å². The van der Waals surface area contributed by atoms with Gasteiger partial charge in [0.2, 0.25) is 5.91 Å². The molecule has 0 radical (unpaired) electrons. The van der Waals surface area contributed by atoms with Crippen molar-refractivity contribution < 1.29 is 22.8 Å². The molecule has 0 saturated heterocycles. The Morgan fingerprint density at radius 3 is 2.64 bits per heavy atom. The van der Waals surface area contributed by atoms with Crippen LogP contribution < -0.4 is 5.73 Å². The maximum absolute atomic E-state index is 13.7. The van der Waals surface area contributed by atoms with Gasteiger partial charge in [0.1, 0.15) is 5.41 Å². The SMILES string of the molecule is NC(=O)CC1(C(F)(F)F)C=CC=C(Cl)C1C(=O)n1cccn1. The maximum Gasteiger partial charge on any atom is 0.399 e. The Morgan fingerprint density at radius 2 is 2.14 bits per heavy atom. The van der Waals surface area contributed by atoms with Gasteiger partial charge in [0.25, 0.3) is 5.91 Å². The summed E-state index contributed by atoms with van der Waals surface area (Å²) in [6.07, 6.45) is -0.553. The highest BCUT2D eigenvalue weighted by molar-refractivity contribution is 6.31. The first-order chi connectivity index (χ1) is 10.2. The lowest BCUT2D eigenvalue weighted by atomic mass is 9.69. The minimum absolute atomic E-state index is 0.332. The van der Waals surface area contributed by atoms with Gasteiger partial charge in [0.05, 0.1) is 5.92 Å². The number of aromatic nitrogens is 2. The minimum atomic E-state index is -4.90. The highest BCUT2D eigenvalue weighted by Crippen LogP contribution is 2.53. The maximum atomic E-state index is 13.7. The van der Waals surface area contributed by atoms with Gasteiger partial charge in [-0.25, -0.2) is 4.68 Å². The van der Waals surface area contributed by atoms with E-state index in [-0.39, 0.29) is 5.03 Å². The third-order valence-corrected chi connectivity index (χ3v) is 3.76. The van der Waals surface area contributed by atoms with Crippen molar-refractivity contribution in [2.45, 2.75) is 12.6 Å². The van der Waals surface area contributed by atoms with Crippen LogP contribution in [-0.2, 0) is 4.79 Å². The standard InChI is InChI=1S/C13H11ClF3N3O2/c14-8-3-1-4-12(7-9(18)21,13(15,16)17)10(8)11(22)20-6-2-5-19-20/h1-6,10H,7H2,(H2,18,21). The minimum Gasteiger partial charge on any atom is -0.370 e. The molecule has 0 aromatic carbocycles. The molecule has 1 aliphatic carbocycles. The van der Waals surface area contributed by atoms with E-state index in [1.54, 1.807) is 0 Å². The molecule has 1 amide bonds. The van der Waals surface area contributed by atoms with Crippen molar-refractivity contribution in [3.63, 3.8) is 0 Å². The lowest BCUT2D eigenvalue weighted by Crippen LogP contribution is -2.50. The summed E-state index contributed by atoms with van der Waals surface area (Å²) in [6, 6.07) is 1.39. The topological polar surface area (TPSA) is 78.0 Å². The van der Waals surface area contributed by atoms with Gasteiger partial charge in [0.15, 0.2) is 0 Å². The third kappa shape index (κ3) is 2.66. The fourth-order valence-electron chi connectivity index (χ4n) is 2.43. The monoisotopic (exact) mass is 333 g/mol. The van der Waals surface area contributed by atoms with Crippen molar-refractivity contribution in [1.29, 1.82) is 0 Å². The summed E-state index contributed by atoms with van der Waals surface area (Å²) < 4.78 is 41.7. The Labute approximate surface area is 128 Å². The van der Waals surface area contributed by atoms with Gasteiger partial charge >= 0.3 is 6.18 Å². The van der Waals surface area contributed by atoms with E-state index in [4.69, 9.17) is 17.3 Å². The second-order valence-electron chi connectivity index (χ2n) is 4.81. The molecule has 1 heterocycles. The first-order valence-corrected chi connectivity index (χ1v) is 6.50. The second-order valence-corrected chi connectivity index (χ2v) is 5.25. The average molecular weight is 334 g/mol. The van der Waals surface area contributed by atoms with Crippen molar-refractivity contribution >= 4 is 23.4 Å². The molecule has 0 spiro atoms. The molecule has 0 aliphatic heterocycles. The molecular formula is C13H11ClF3N3O2. The number of rotatable bonds is 3. The number of primary amides is 1. The zero-order chi connectivity index (χ0) is 16.5. The molecule has 0 bridgehead atoms. The van der Waals surface area contributed by atoms with Crippen LogP contribution >= 0.6 is 11.6 Å². The molecule has 2 N–H and O–H groups in total. The van der Waals surface area contributed by atoms with Gasteiger partial charge in [-0.2, -0.15) is 18.3 Å². The number of nitrogens with two attached hydrogens (primary N) is 1. The molecule has 22 heavy (non-hydrogen) atoms. The molecule has 0 fully saturated rings. The fourth-order valence-corrected chi connectivity index (χ4v) is 2.79. The van der Waals surface area contributed by atoms with E-state index in [2.05, 4.69) is 5.10 Å². The van der Waals surface area contributed by atoms with E-state index in [1.807, 2.05) is 0 Å². The third-order valence-electron chi connectivity index (χ3n) is 3.41. The normalized spacial score (nSPS) is 24.9. The Bertz CT molecular complexity index is 652. The predicted molar refractivity (Wildman–Crippen MR) is 71.7 cm³/mol. The lowest BCUT2D eigenvalue weighted by Gasteiger charge is -2.39. The largest absolute Gasteiger partial charge is 0.399 e. The number of hydrogen-bond acceptors (Lipinski definition) is 3. The summed E-state index contributed by atoms with van der Waals surface area (Å²) in [5.41, 5.74) is 2.16. The Hall–Kier alpha value is -2.09. The summed E-state index contributed by atoms with van der Waals surface area (Å²) in [5, 5.41) is 3.29. The molecule has 2 atom stereocenters. The van der Waals surface area contributed by atoms with E-state index in [0.717, 1.165) is 16.8 Å². The highest BCUT2D eigenvalue weighted by atomic mass is 35.5. The number of alkyl halides is 3. The van der Waals surface area contributed by atoms with Gasteiger partial charge in [0, 0.05) is 23.8 Å². The number of hydrogen-bond donors (Lipinski definition) is 1. The van der Waals surface area contributed by atoms with E-state index < -0.39 is 35.7 Å². The molecule has 0 saturated carbocycles. The molecule has 1 aromatic rings. The molecule has 2 unspecified atom stereocenters. The van der Waals surface area contributed by atoms with Crippen LogP contribution in [0.3, 0.4) is 0 Å². The number of allylic oxidation sites excluding steroid dienone is 4. The number of carbonyl (C=O) groups is 2. The average Bonchev–Trinajstić information content (AvgIpc) is 2.89. The van der Waals surface area contributed by atoms with Gasteiger partial charge in [-0.1, -0.05) is 23.8 Å².